The molecule has 0 unspecified atom stereocenters. The van der Waals surface area contributed by atoms with E-state index < -0.39 is 17.9 Å². The van der Waals surface area contributed by atoms with Crippen molar-refractivity contribution < 1.29 is 19.5 Å². The third-order valence-corrected chi connectivity index (χ3v) is 3.43. The molecule has 1 fully saturated rings. The predicted molar refractivity (Wildman–Crippen MR) is 76.4 cm³/mol. The normalized spacial score (nSPS) is 18.1. The summed E-state index contributed by atoms with van der Waals surface area (Å²) in [5, 5.41) is 9.04. The molecule has 1 atom stereocenters. The molecule has 1 saturated heterocycles. The highest BCUT2D eigenvalue weighted by Crippen LogP contribution is 2.18. The fraction of sp³-hybridized carbons (Fsp3) is 0.267. The minimum atomic E-state index is -0.972. The molecule has 0 spiro atoms. The number of carbonyl (C=O) groups excluding carboxylic acids is 2. The summed E-state index contributed by atoms with van der Waals surface area (Å²) in [5.74, 6) is -1.80. The van der Waals surface area contributed by atoms with Crippen LogP contribution >= 0.6 is 0 Å². The number of nitrogens with two attached hydrogens (primary N) is 1. The van der Waals surface area contributed by atoms with E-state index in [1.54, 1.807) is 30.3 Å². The number of primary amides is 1. The molecule has 1 aliphatic rings. The predicted octanol–water partition coefficient (Wildman–Crippen LogP) is 0.874. The Labute approximate surface area is 121 Å². The van der Waals surface area contributed by atoms with E-state index in [-0.39, 0.29) is 5.91 Å². The van der Waals surface area contributed by atoms with Crippen molar-refractivity contribution in [1.82, 2.24) is 4.90 Å². The van der Waals surface area contributed by atoms with Crippen molar-refractivity contribution in [3.8, 4) is 0 Å². The summed E-state index contributed by atoms with van der Waals surface area (Å²) < 4.78 is 0. The molecule has 0 bridgehead atoms. The van der Waals surface area contributed by atoms with Crippen LogP contribution < -0.4 is 5.73 Å². The number of nitrogens with zero attached hydrogens (tertiary/aromatic N) is 1. The number of carbonyl (C=O) groups is 3. The van der Waals surface area contributed by atoms with Gasteiger partial charge in [0.05, 0.1) is 0 Å². The van der Waals surface area contributed by atoms with Crippen molar-refractivity contribution in [3.05, 3.63) is 41.5 Å². The topological polar surface area (TPSA) is 101 Å². The van der Waals surface area contributed by atoms with Gasteiger partial charge < -0.3 is 15.7 Å². The number of amides is 2. The second-order valence-electron chi connectivity index (χ2n) is 4.85. The van der Waals surface area contributed by atoms with Crippen molar-refractivity contribution in [2.45, 2.75) is 18.9 Å². The fourth-order valence-electron chi connectivity index (χ4n) is 2.31. The monoisotopic (exact) mass is 288 g/mol. The van der Waals surface area contributed by atoms with Crippen LogP contribution in [-0.4, -0.2) is 40.4 Å². The maximum Gasteiger partial charge on any atom is 0.326 e. The SMILES string of the molecule is NC(=O)c1ccc(C=CC(=O)N2CCC[C@@H]2C(=O)O)cc1. The lowest BCUT2D eigenvalue weighted by Gasteiger charge is -2.19. The second kappa shape index (κ2) is 6.21. The molecular weight excluding hydrogens is 272 g/mol. The van der Waals surface area contributed by atoms with E-state index in [9.17, 15) is 14.4 Å². The smallest absolute Gasteiger partial charge is 0.326 e. The Bertz CT molecular complexity index is 592. The van der Waals surface area contributed by atoms with Crippen LogP contribution in [0.3, 0.4) is 0 Å². The molecule has 110 valence electrons. The molecular formula is C15H16N2O4. The third kappa shape index (κ3) is 3.47. The molecule has 0 aliphatic carbocycles. The highest BCUT2D eigenvalue weighted by Gasteiger charge is 2.32. The summed E-state index contributed by atoms with van der Waals surface area (Å²) in [7, 11) is 0. The highest BCUT2D eigenvalue weighted by atomic mass is 16.4. The molecule has 21 heavy (non-hydrogen) atoms. The van der Waals surface area contributed by atoms with Gasteiger partial charge in [0.1, 0.15) is 6.04 Å². The first-order valence-electron chi connectivity index (χ1n) is 6.60. The van der Waals surface area contributed by atoms with Crippen LogP contribution in [0.15, 0.2) is 30.3 Å². The number of benzene rings is 1. The molecule has 2 rings (SSSR count). The maximum absolute atomic E-state index is 12.0. The Kier molecular flexibility index (Phi) is 4.37. The first-order valence-corrected chi connectivity index (χ1v) is 6.60. The van der Waals surface area contributed by atoms with Crippen LogP contribution in [0.1, 0.15) is 28.8 Å². The van der Waals surface area contributed by atoms with E-state index in [1.165, 1.54) is 11.0 Å². The molecule has 3 N–H and O–H groups in total. The first kappa shape index (κ1) is 14.8. The second-order valence-corrected chi connectivity index (χ2v) is 4.85. The van der Waals surface area contributed by atoms with E-state index in [4.69, 9.17) is 10.8 Å². The Hall–Kier alpha value is -2.63. The molecule has 1 heterocycles. The summed E-state index contributed by atoms with van der Waals surface area (Å²) in [4.78, 5) is 35.3. The van der Waals surface area contributed by atoms with Gasteiger partial charge in [0.15, 0.2) is 0 Å². The number of carboxylic acids is 1. The van der Waals surface area contributed by atoms with Gasteiger partial charge in [-0.3, -0.25) is 9.59 Å². The number of rotatable bonds is 4. The lowest BCUT2D eigenvalue weighted by molar-refractivity contribution is -0.146. The minimum Gasteiger partial charge on any atom is -0.480 e. The Morgan fingerprint density at radius 3 is 2.48 bits per heavy atom. The van der Waals surface area contributed by atoms with Crippen LogP contribution in [0.4, 0.5) is 0 Å². The molecule has 2 amide bonds. The fourth-order valence-corrected chi connectivity index (χ4v) is 2.31. The number of aliphatic carboxylic acids is 1. The summed E-state index contributed by atoms with van der Waals surface area (Å²) in [6, 6.07) is 5.75. The summed E-state index contributed by atoms with van der Waals surface area (Å²) in [5.41, 5.74) is 6.27. The molecule has 0 radical (unpaired) electrons. The standard InChI is InChI=1S/C15H16N2O4/c16-14(19)11-6-3-10(4-7-11)5-8-13(18)17-9-1-2-12(17)15(20)21/h3-8,12H,1-2,9H2,(H2,16,19)(H,20,21)/t12-/m1/s1. The molecule has 0 aromatic heterocycles. The third-order valence-electron chi connectivity index (χ3n) is 3.43. The largest absolute Gasteiger partial charge is 0.480 e. The van der Waals surface area contributed by atoms with Crippen molar-refractivity contribution >= 4 is 23.9 Å². The van der Waals surface area contributed by atoms with Crippen LogP contribution in [0.25, 0.3) is 6.08 Å². The molecule has 1 aliphatic heterocycles. The number of hydrogen-bond acceptors (Lipinski definition) is 3. The van der Waals surface area contributed by atoms with Crippen molar-refractivity contribution in [2.75, 3.05) is 6.54 Å². The van der Waals surface area contributed by atoms with Crippen molar-refractivity contribution in [1.29, 1.82) is 0 Å². The van der Waals surface area contributed by atoms with Crippen LogP contribution in [0, 0.1) is 0 Å². The molecule has 6 heteroatoms. The zero-order chi connectivity index (χ0) is 15.4. The van der Waals surface area contributed by atoms with Gasteiger partial charge in [-0.15, -0.1) is 0 Å². The molecule has 0 saturated carbocycles. The number of likely N-dealkylation sites (tertiary alicyclic amines) is 1. The average molecular weight is 288 g/mol. The van der Waals surface area contributed by atoms with Gasteiger partial charge >= 0.3 is 5.97 Å². The van der Waals surface area contributed by atoms with Gasteiger partial charge in [0.2, 0.25) is 11.8 Å². The van der Waals surface area contributed by atoms with E-state index in [0.717, 1.165) is 5.56 Å². The van der Waals surface area contributed by atoms with E-state index in [0.29, 0.717) is 24.9 Å². The lowest BCUT2D eigenvalue weighted by atomic mass is 10.1. The van der Waals surface area contributed by atoms with E-state index in [1.807, 2.05) is 0 Å². The van der Waals surface area contributed by atoms with Crippen LogP contribution in [0.2, 0.25) is 0 Å². The van der Waals surface area contributed by atoms with Gasteiger partial charge in [-0.05, 0) is 36.6 Å². The Morgan fingerprint density at radius 1 is 1.24 bits per heavy atom. The van der Waals surface area contributed by atoms with Crippen molar-refractivity contribution in [3.63, 3.8) is 0 Å². The van der Waals surface area contributed by atoms with Gasteiger partial charge in [0, 0.05) is 18.2 Å². The number of hydrogen-bond donors (Lipinski definition) is 2. The quantitative estimate of drug-likeness (QED) is 0.803. The summed E-state index contributed by atoms with van der Waals surface area (Å²) in [6.07, 6.45) is 4.12. The zero-order valence-corrected chi connectivity index (χ0v) is 11.4. The number of carboxylic acid groups (broad SMARTS) is 1. The lowest BCUT2D eigenvalue weighted by Crippen LogP contribution is -2.39. The van der Waals surface area contributed by atoms with Gasteiger partial charge in [0.25, 0.3) is 0 Å². The van der Waals surface area contributed by atoms with Crippen LogP contribution in [0.5, 0.6) is 0 Å². The average Bonchev–Trinajstić information content (AvgIpc) is 2.95. The van der Waals surface area contributed by atoms with Crippen molar-refractivity contribution in [2.24, 2.45) is 5.73 Å². The van der Waals surface area contributed by atoms with Gasteiger partial charge in [-0.1, -0.05) is 12.1 Å². The highest BCUT2D eigenvalue weighted by molar-refractivity contribution is 5.95. The zero-order valence-electron chi connectivity index (χ0n) is 11.4. The Morgan fingerprint density at radius 2 is 1.90 bits per heavy atom. The van der Waals surface area contributed by atoms with Crippen LogP contribution in [-0.2, 0) is 9.59 Å². The minimum absolute atomic E-state index is 0.320. The Balaban J connectivity index is 2.05. The first-order chi connectivity index (χ1) is 9.99. The van der Waals surface area contributed by atoms with Gasteiger partial charge in [-0.25, -0.2) is 4.79 Å². The summed E-state index contributed by atoms with van der Waals surface area (Å²) in [6.45, 7) is 0.459. The molecule has 1 aromatic rings. The van der Waals surface area contributed by atoms with Gasteiger partial charge in [-0.2, -0.15) is 0 Å². The maximum atomic E-state index is 12.0. The van der Waals surface area contributed by atoms with E-state index in [2.05, 4.69) is 0 Å². The summed E-state index contributed by atoms with van der Waals surface area (Å²) >= 11 is 0. The molecule has 6 nitrogen and oxygen atoms in total. The molecule has 1 aromatic carbocycles. The van der Waals surface area contributed by atoms with E-state index >= 15 is 0 Å².